The molecule has 66 valence electrons. The lowest BCUT2D eigenvalue weighted by molar-refractivity contribution is 0.0866. The lowest BCUT2D eigenvalue weighted by Crippen LogP contribution is -2.23. The Morgan fingerprint density at radius 2 is 2.55 bits per heavy atom. The van der Waals surface area contributed by atoms with Gasteiger partial charge in [-0.15, -0.1) is 0 Å². The van der Waals surface area contributed by atoms with Crippen LogP contribution in [0.15, 0.2) is 0 Å². The lowest BCUT2D eigenvalue weighted by atomic mass is 9.92. The molecule has 2 N–H and O–H groups in total. The highest BCUT2D eigenvalue weighted by Crippen LogP contribution is 2.28. The minimum absolute atomic E-state index is 0.632. The predicted octanol–water partition coefficient (Wildman–Crippen LogP) is 1.66. The molecule has 2 unspecified atom stereocenters. The Kier molecular flexibility index (Phi) is 4.26. The maximum Gasteiger partial charge on any atom is 0.0707 e. The highest BCUT2D eigenvalue weighted by atomic mass is 32.2. The average Bonchev–Trinajstić information content (AvgIpc) is 2.07. The largest absolute Gasteiger partial charge is 0.304 e. The van der Waals surface area contributed by atoms with Gasteiger partial charge in [0, 0.05) is 0 Å². The van der Waals surface area contributed by atoms with Gasteiger partial charge in [-0.25, -0.2) is 5.90 Å². The van der Waals surface area contributed by atoms with Gasteiger partial charge in [-0.2, -0.15) is 11.8 Å². The second kappa shape index (κ2) is 5.01. The van der Waals surface area contributed by atoms with Crippen molar-refractivity contribution in [3.05, 3.63) is 0 Å². The summed E-state index contributed by atoms with van der Waals surface area (Å²) in [6.45, 7) is 2.94. The fraction of sp³-hybridized carbons (Fsp3) is 1.00. The van der Waals surface area contributed by atoms with Crippen LogP contribution in [0.2, 0.25) is 0 Å². The number of thioether (sulfide) groups is 1. The molecule has 1 heterocycles. The third-order valence-corrected chi connectivity index (χ3v) is 3.60. The fourth-order valence-electron chi connectivity index (χ4n) is 1.50. The fourth-order valence-corrected chi connectivity index (χ4v) is 2.84. The molecule has 1 saturated heterocycles. The van der Waals surface area contributed by atoms with E-state index >= 15 is 0 Å². The molecule has 0 saturated carbocycles. The van der Waals surface area contributed by atoms with E-state index in [9.17, 15) is 0 Å². The van der Waals surface area contributed by atoms with Gasteiger partial charge in [0.05, 0.1) is 6.61 Å². The molecule has 2 nitrogen and oxygen atoms in total. The predicted molar refractivity (Wildman–Crippen MR) is 49.4 cm³/mol. The summed E-state index contributed by atoms with van der Waals surface area (Å²) < 4.78 is 0. The van der Waals surface area contributed by atoms with Crippen LogP contribution in [0.25, 0.3) is 0 Å². The Morgan fingerprint density at radius 3 is 3.09 bits per heavy atom. The SMILES string of the molecule is CC(CON)C1CCCSC1. The van der Waals surface area contributed by atoms with Crippen molar-refractivity contribution in [3.63, 3.8) is 0 Å². The second-order valence-corrected chi connectivity index (χ2v) is 4.44. The normalized spacial score (nSPS) is 28.4. The number of hydrogen-bond acceptors (Lipinski definition) is 3. The van der Waals surface area contributed by atoms with Crippen LogP contribution in [0.4, 0.5) is 0 Å². The summed E-state index contributed by atoms with van der Waals surface area (Å²) >= 11 is 2.06. The molecule has 0 bridgehead atoms. The first-order chi connectivity index (χ1) is 5.34. The van der Waals surface area contributed by atoms with Crippen LogP contribution in [0.3, 0.4) is 0 Å². The van der Waals surface area contributed by atoms with Crippen molar-refractivity contribution in [1.82, 2.24) is 0 Å². The van der Waals surface area contributed by atoms with Crippen molar-refractivity contribution in [2.45, 2.75) is 19.8 Å². The monoisotopic (exact) mass is 175 g/mol. The quantitative estimate of drug-likeness (QED) is 0.662. The van der Waals surface area contributed by atoms with Gasteiger partial charge in [0.25, 0.3) is 0 Å². The van der Waals surface area contributed by atoms with Crippen LogP contribution >= 0.6 is 11.8 Å². The van der Waals surface area contributed by atoms with E-state index in [-0.39, 0.29) is 0 Å². The lowest BCUT2D eigenvalue weighted by Gasteiger charge is -2.26. The van der Waals surface area contributed by atoms with Crippen LogP contribution in [0, 0.1) is 11.8 Å². The smallest absolute Gasteiger partial charge is 0.0707 e. The summed E-state index contributed by atoms with van der Waals surface area (Å²) in [6.07, 6.45) is 2.72. The van der Waals surface area contributed by atoms with E-state index in [0.29, 0.717) is 12.5 Å². The van der Waals surface area contributed by atoms with Crippen molar-refractivity contribution in [2.24, 2.45) is 17.7 Å². The van der Waals surface area contributed by atoms with Gasteiger partial charge in [-0.3, -0.25) is 0 Å². The third kappa shape index (κ3) is 3.01. The first-order valence-corrected chi connectivity index (χ1v) is 5.39. The summed E-state index contributed by atoms with van der Waals surface area (Å²) in [7, 11) is 0. The van der Waals surface area contributed by atoms with Crippen molar-refractivity contribution in [1.29, 1.82) is 0 Å². The van der Waals surface area contributed by atoms with E-state index in [1.165, 1.54) is 24.3 Å². The van der Waals surface area contributed by atoms with Gasteiger partial charge >= 0.3 is 0 Å². The molecule has 3 heteroatoms. The first-order valence-electron chi connectivity index (χ1n) is 4.24. The Bertz CT molecular complexity index is 104. The molecule has 0 amide bonds. The Morgan fingerprint density at radius 1 is 1.73 bits per heavy atom. The first kappa shape index (κ1) is 9.36. The van der Waals surface area contributed by atoms with Crippen LogP contribution in [0.1, 0.15) is 19.8 Å². The Labute approximate surface area is 72.8 Å². The zero-order valence-corrected chi connectivity index (χ0v) is 7.90. The Balaban J connectivity index is 2.21. The molecular formula is C8H17NOS. The van der Waals surface area contributed by atoms with Crippen LogP contribution in [-0.4, -0.2) is 18.1 Å². The second-order valence-electron chi connectivity index (χ2n) is 3.29. The number of nitrogens with two attached hydrogens (primary N) is 1. The average molecular weight is 175 g/mol. The van der Waals surface area contributed by atoms with E-state index in [2.05, 4.69) is 23.5 Å². The van der Waals surface area contributed by atoms with Crippen LogP contribution in [-0.2, 0) is 4.84 Å². The minimum atomic E-state index is 0.632. The summed E-state index contributed by atoms with van der Waals surface area (Å²) in [5.41, 5.74) is 0. The summed E-state index contributed by atoms with van der Waals surface area (Å²) in [6, 6.07) is 0. The van der Waals surface area contributed by atoms with Crippen molar-refractivity contribution in [2.75, 3.05) is 18.1 Å². The third-order valence-electron chi connectivity index (χ3n) is 2.36. The number of rotatable bonds is 3. The summed E-state index contributed by atoms with van der Waals surface area (Å²) in [5.74, 6) is 9.13. The molecule has 0 aromatic rings. The van der Waals surface area contributed by atoms with E-state index in [1.54, 1.807) is 0 Å². The van der Waals surface area contributed by atoms with Gasteiger partial charge in [0.2, 0.25) is 0 Å². The van der Waals surface area contributed by atoms with Crippen molar-refractivity contribution < 1.29 is 4.84 Å². The molecule has 1 fully saturated rings. The van der Waals surface area contributed by atoms with Crippen LogP contribution < -0.4 is 5.90 Å². The summed E-state index contributed by atoms with van der Waals surface area (Å²) in [5, 5.41) is 0. The van der Waals surface area contributed by atoms with Crippen molar-refractivity contribution in [3.8, 4) is 0 Å². The van der Waals surface area contributed by atoms with Gasteiger partial charge in [0.1, 0.15) is 0 Å². The highest BCUT2D eigenvalue weighted by Gasteiger charge is 2.19. The van der Waals surface area contributed by atoms with Gasteiger partial charge in [0.15, 0.2) is 0 Å². The zero-order valence-electron chi connectivity index (χ0n) is 7.08. The Hall–Kier alpha value is 0.270. The van der Waals surface area contributed by atoms with E-state index in [0.717, 1.165) is 5.92 Å². The van der Waals surface area contributed by atoms with Crippen molar-refractivity contribution >= 4 is 11.8 Å². The van der Waals surface area contributed by atoms with Crippen LogP contribution in [0.5, 0.6) is 0 Å². The maximum absolute atomic E-state index is 5.03. The molecule has 0 radical (unpaired) electrons. The molecular weight excluding hydrogens is 158 g/mol. The van der Waals surface area contributed by atoms with Gasteiger partial charge in [-0.05, 0) is 36.2 Å². The van der Waals surface area contributed by atoms with E-state index < -0.39 is 0 Å². The van der Waals surface area contributed by atoms with Gasteiger partial charge < -0.3 is 4.84 Å². The molecule has 1 aliphatic rings. The molecule has 2 atom stereocenters. The molecule has 0 aliphatic carbocycles. The molecule has 0 aromatic heterocycles. The van der Waals surface area contributed by atoms with Gasteiger partial charge in [-0.1, -0.05) is 6.92 Å². The summed E-state index contributed by atoms with van der Waals surface area (Å²) in [4.78, 5) is 4.65. The minimum Gasteiger partial charge on any atom is -0.304 e. The molecule has 11 heavy (non-hydrogen) atoms. The number of hydrogen-bond donors (Lipinski definition) is 1. The van der Waals surface area contributed by atoms with E-state index in [4.69, 9.17) is 5.90 Å². The highest BCUT2D eigenvalue weighted by molar-refractivity contribution is 7.99. The zero-order chi connectivity index (χ0) is 8.10. The molecule has 0 aromatic carbocycles. The standard InChI is InChI=1S/C8H17NOS/c1-7(5-10-9)8-3-2-4-11-6-8/h7-8H,2-6,9H2,1H3. The molecule has 1 rings (SSSR count). The molecule has 1 aliphatic heterocycles. The van der Waals surface area contributed by atoms with E-state index in [1.807, 2.05) is 0 Å². The topological polar surface area (TPSA) is 35.2 Å². The molecule has 0 spiro atoms. The maximum atomic E-state index is 5.03.